The number of rotatable bonds is 4. The summed E-state index contributed by atoms with van der Waals surface area (Å²) < 4.78 is 1.15. The van der Waals surface area contributed by atoms with E-state index in [0.29, 0.717) is 5.82 Å². The lowest BCUT2D eigenvalue weighted by atomic mass is 10.3. The molecule has 0 atom stereocenters. The van der Waals surface area contributed by atoms with Crippen molar-refractivity contribution in [1.29, 1.82) is 0 Å². The smallest absolute Gasteiger partial charge is 0.358 e. The minimum Gasteiger partial charge on any atom is -0.476 e. The van der Waals surface area contributed by atoms with E-state index < -0.39 is 5.97 Å². The van der Waals surface area contributed by atoms with Crippen LogP contribution in [0.25, 0.3) is 0 Å². The van der Waals surface area contributed by atoms with Crippen LogP contribution in [0.15, 0.2) is 24.5 Å². The van der Waals surface area contributed by atoms with Crippen molar-refractivity contribution in [3.63, 3.8) is 0 Å². The highest BCUT2D eigenvalue weighted by Crippen LogP contribution is 2.05. The summed E-state index contributed by atoms with van der Waals surface area (Å²) in [5, 5.41) is 18.2. The minimum absolute atomic E-state index is 0.129. The lowest BCUT2D eigenvalue weighted by Gasteiger charge is -2.04. The van der Waals surface area contributed by atoms with E-state index in [4.69, 9.17) is 5.11 Å². The van der Waals surface area contributed by atoms with Crippen LogP contribution in [0, 0.1) is 6.92 Å². The van der Waals surface area contributed by atoms with Crippen LogP contribution in [-0.2, 0) is 11.3 Å². The number of carbonyl (C=O) groups excluding carboxylic acids is 1. The molecule has 0 radical (unpaired) electrons. The third kappa shape index (κ3) is 3.35. The van der Waals surface area contributed by atoms with E-state index in [-0.39, 0.29) is 18.1 Å². The largest absolute Gasteiger partial charge is 0.476 e. The molecule has 0 aliphatic heterocycles. The van der Waals surface area contributed by atoms with E-state index in [9.17, 15) is 9.59 Å². The van der Waals surface area contributed by atoms with E-state index in [2.05, 4.69) is 20.6 Å². The molecule has 8 heteroatoms. The maximum atomic E-state index is 11.7. The zero-order valence-electron chi connectivity index (χ0n) is 10.1. The quantitative estimate of drug-likeness (QED) is 0.820. The number of aryl methyl sites for hydroxylation is 1. The van der Waals surface area contributed by atoms with Crippen LogP contribution in [0.5, 0.6) is 0 Å². The first-order valence-electron chi connectivity index (χ1n) is 5.40. The van der Waals surface area contributed by atoms with Gasteiger partial charge in [0, 0.05) is 6.20 Å². The molecule has 0 bridgehead atoms. The highest BCUT2D eigenvalue weighted by molar-refractivity contribution is 5.89. The van der Waals surface area contributed by atoms with Gasteiger partial charge in [0.15, 0.2) is 5.69 Å². The molecule has 0 unspecified atom stereocenters. The number of carboxylic acids is 1. The molecule has 0 aliphatic rings. The number of hydrogen-bond acceptors (Lipinski definition) is 5. The summed E-state index contributed by atoms with van der Waals surface area (Å²) in [6.45, 7) is 1.75. The molecule has 0 saturated carbocycles. The summed E-state index contributed by atoms with van der Waals surface area (Å²) in [7, 11) is 0. The first-order chi connectivity index (χ1) is 9.04. The molecule has 0 spiro atoms. The first kappa shape index (κ1) is 12.7. The van der Waals surface area contributed by atoms with Gasteiger partial charge in [-0.25, -0.2) is 14.5 Å². The SMILES string of the molecule is Cc1ccnc(NC(=O)Cn2cc(C(=O)O)nn2)c1. The van der Waals surface area contributed by atoms with Gasteiger partial charge >= 0.3 is 5.97 Å². The van der Waals surface area contributed by atoms with Crippen molar-refractivity contribution in [3.05, 3.63) is 35.8 Å². The molecule has 98 valence electrons. The summed E-state index contributed by atoms with van der Waals surface area (Å²) in [5.74, 6) is -1.12. The van der Waals surface area contributed by atoms with Gasteiger partial charge in [-0.1, -0.05) is 5.21 Å². The Hall–Kier alpha value is -2.77. The number of pyridine rings is 1. The molecule has 2 rings (SSSR count). The van der Waals surface area contributed by atoms with Crippen LogP contribution in [0.2, 0.25) is 0 Å². The molecule has 0 aromatic carbocycles. The first-order valence-corrected chi connectivity index (χ1v) is 5.40. The van der Waals surface area contributed by atoms with E-state index in [0.717, 1.165) is 10.2 Å². The van der Waals surface area contributed by atoms with Gasteiger partial charge in [0.05, 0.1) is 6.20 Å². The number of hydrogen-bond donors (Lipinski definition) is 2. The fourth-order valence-electron chi connectivity index (χ4n) is 1.41. The van der Waals surface area contributed by atoms with Crippen LogP contribution in [0.3, 0.4) is 0 Å². The Morgan fingerprint density at radius 3 is 2.89 bits per heavy atom. The molecule has 0 fully saturated rings. The maximum absolute atomic E-state index is 11.7. The minimum atomic E-state index is -1.19. The van der Waals surface area contributed by atoms with Crippen LogP contribution in [0.1, 0.15) is 16.1 Å². The van der Waals surface area contributed by atoms with Crippen molar-refractivity contribution in [2.75, 3.05) is 5.32 Å². The third-order valence-corrected chi connectivity index (χ3v) is 2.25. The van der Waals surface area contributed by atoms with E-state index in [1.165, 1.54) is 6.20 Å². The van der Waals surface area contributed by atoms with Crippen LogP contribution >= 0.6 is 0 Å². The van der Waals surface area contributed by atoms with Crippen molar-refractivity contribution >= 4 is 17.7 Å². The fourth-order valence-corrected chi connectivity index (χ4v) is 1.41. The molecule has 0 aliphatic carbocycles. The Labute approximate surface area is 108 Å². The second-order valence-electron chi connectivity index (χ2n) is 3.87. The predicted octanol–water partition coefficient (Wildman–Crippen LogP) is 0.318. The molecule has 19 heavy (non-hydrogen) atoms. The molecular weight excluding hydrogens is 250 g/mol. The molecule has 2 N–H and O–H groups in total. The Kier molecular flexibility index (Phi) is 3.51. The lowest BCUT2D eigenvalue weighted by molar-refractivity contribution is -0.117. The van der Waals surface area contributed by atoms with Gasteiger partial charge in [0.2, 0.25) is 5.91 Å². The summed E-state index contributed by atoms with van der Waals surface area (Å²) in [6, 6.07) is 3.54. The number of anilines is 1. The van der Waals surface area contributed by atoms with E-state index in [1.807, 2.05) is 13.0 Å². The Morgan fingerprint density at radius 2 is 2.26 bits per heavy atom. The number of carboxylic acid groups (broad SMARTS) is 1. The van der Waals surface area contributed by atoms with Gasteiger partial charge in [-0.2, -0.15) is 0 Å². The van der Waals surface area contributed by atoms with Crippen LogP contribution in [0.4, 0.5) is 5.82 Å². The number of carbonyl (C=O) groups is 2. The van der Waals surface area contributed by atoms with Gasteiger partial charge < -0.3 is 10.4 Å². The topological polar surface area (TPSA) is 110 Å². The highest BCUT2D eigenvalue weighted by Gasteiger charge is 2.11. The summed E-state index contributed by atoms with van der Waals surface area (Å²) in [6.07, 6.45) is 2.77. The molecule has 8 nitrogen and oxygen atoms in total. The van der Waals surface area contributed by atoms with Crippen molar-refractivity contribution in [2.24, 2.45) is 0 Å². The number of nitrogens with one attached hydrogen (secondary N) is 1. The van der Waals surface area contributed by atoms with Crippen molar-refractivity contribution < 1.29 is 14.7 Å². The van der Waals surface area contributed by atoms with Gasteiger partial charge in [0.1, 0.15) is 12.4 Å². The summed E-state index contributed by atoms with van der Waals surface area (Å²) in [5.41, 5.74) is 0.765. The van der Waals surface area contributed by atoms with Crippen LogP contribution in [-0.4, -0.2) is 37.0 Å². The molecular formula is C11H11N5O3. The third-order valence-electron chi connectivity index (χ3n) is 2.25. The number of nitrogens with zero attached hydrogens (tertiary/aromatic N) is 4. The zero-order chi connectivity index (χ0) is 13.8. The number of amides is 1. The van der Waals surface area contributed by atoms with E-state index >= 15 is 0 Å². The van der Waals surface area contributed by atoms with Gasteiger partial charge in [0.25, 0.3) is 0 Å². The maximum Gasteiger partial charge on any atom is 0.358 e. The fraction of sp³-hybridized carbons (Fsp3) is 0.182. The second-order valence-corrected chi connectivity index (χ2v) is 3.87. The molecule has 2 heterocycles. The van der Waals surface area contributed by atoms with Crippen molar-refractivity contribution in [3.8, 4) is 0 Å². The summed E-state index contributed by atoms with van der Waals surface area (Å²) in [4.78, 5) is 26.3. The summed E-state index contributed by atoms with van der Waals surface area (Å²) >= 11 is 0. The average molecular weight is 261 g/mol. The molecule has 0 saturated heterocycles. The molecule has 1 amide bonds. The Bertz CT molecular complexity index is 622. The van der Waals surface area contributed by atoms with Crippen LogP contribution < -0.4 is 5.32 Å². The van der Waals surface area contributed by atoms with E-state index in [1.54, 1.807) is 12.3 Å². The Morgan fingerprint density at radius 1 is 1.47 bits per heavy atom. The Balaban J connectivity index is 1.99. The van der Waals surface area contributed by atoms with Crippen molar-refractivity contribution in [2.45, 2.75) is 13.5 Å². The molecule has 2 aromatic heterocycles. The number of aromatic carboxylic acids is 1. The predicted molar refractivity (Wildman–Crippen MR) is 64.6 cm³/mol. The monoisotopic (exact) mass is 261 g/mol. The highest BCUT2D eigenvalue weighted by atomic mass is 16.4. The number of aromatic nitrogens is 4. The zero-order valence-corrected chi connectivity index (χ0v) is 10.1. The van der Waals surface area contributed by atoms with Gasteiger partial charge in [-0.15, -0.1) is 5.10 Å². The average Bonchev–Trinajstić information content (AvgIpc) is 2.77. The van der Waals surface area contributed by atoms with Crippen molar-refractivity contribution in [1.82, 2.24) is 20.0 Å². The van der Waals surface area contributed by atoms with Gasteiger partial charge in [-0.3, -0.25) is 4.79 Å². The second kappa shape index (κ2) is 5.25. The molecule has 2 aromatic rings. The standard InChI is InChI=1S/C11H11N5O3/c1-7-2-3-12-9(4-7)13-10(17)6-16-5-8(11(18)19)14-15-16/h2-5H,6H2,1H3,(H,18,19)(H,12,13,17). The normalized spacial score (nSPS) is 10.2. The lowest BCUT2D eigenvalue weighted by Crippen LogP contribution is -2.19. The van der Waals surface area contributed by atoms with Gasteiger partial charge in [-0.05, 0) is 24.6 Å².